The number of thiophene rings is 1. The Morgan fingerprint density at radius 1 is 1.10 bits per heavy atom. The van der Waals surface area contributed by atoms with Gasteiger partial charge < -0.3 is 10.5 Å². The van der Waals surface area contributed by atoms with Crippen molar-refractivity contribution in [3.05, 3.63) is 51.7 Å². The van der Waals surface area contributed by atoms with Crippen molar-refractivity contribution in [1.82, 2.24) is 0 Å². The number of hydrogen-bond donors (Lipinski definition) is 1. The van der Waals surface area contributed by atoms with Crippen molar-refractivity contribution in [2.24, 2.45) is 5.73 Å². The fourth-order valence-corrected chi connectivity index (χ4v) is 2.57. The number of nitrogens with two attached hydrogens (primary N) is 1. The van der Waals surface area contributed by atoms with Gasteiger partial charge >= 0.3 is 6.36 Å². The number of rotatable bonds is 3. The highest BCUT2D eigenvalue weighted by molar-refractivity contribution is 7.12. The quantitative estimate of drug-likeness (QED) is 0.907. The molecule has 1 aromatic carbocycles. The number of ether oxygens (including phenoxy) is 1. The molecule has 0 bridgehead atoms. The van der Waals surface area contributed by atoms with Crippen LogP contribution < -0.4 is 10.5 Å². The highest BCUT2D eigenvalue weighted by atomic mass is 35.5. The van der Waals surface area contributed by atoms with E-state index in [9.17, 15) is 13.2 Å². The molecule has 2 N–H and O–H groups in total. The molecule has 0 saturated heterocycles. The van der Waals surface area contributed by atoms with Gasteiger partial charge in [-0.05, 0) is 36.8 Å². The molecular weight excluding hydrogens is 311 g/mol. The third-order valence-corrected chi connectivity index (χ3v) is 3.62. The molecule has 0 unspecified atom stereocenters. The monoisotopic (exact) mass is 323 g/mol. The molecule has 0 fully saturated rings. The van der Waals surface area contributed by atoms with Gasteiger partial charge in [-0.1, -0.05) is 12.1 Å². The van der Waals surface area contributed by atoms with Crippen LogP contribution in [0.2, 0.25) is 0 Å². The Morgan fingerprint density at radius 2 is 1.70 bits per heavy atom. The third-order valence-electron chi connectivity index (χ3n) is 2.54. The first-order valence-corrected chi connectivity index (χ1v) is 6.34. The van der Waals surface area contributed by atoms with E-state index in [0.29, 0.717) is 0 Å². The van der Waals surface area contributed by atoms with Crippen LogP contribution in [-0.2, 0) is 0 Å². The summed E-state index contributed by atoms with van der Waals surface area (Å²) in [5.74, 6) is -0.245. The highest BCUT2D eigenvalue weighted by Crippen LogP contribution is 2.28. The van der Waals surface area contributed by atoms with Crippen LogP contribution in [0, 0.1) is 6.92 Å². The minimum atomic E-state index is -4.67. The van der Waals surface area contributed by atoms with Gasteiger partial charge in [0.1, 0.15) is 5.75 Å². The molecule has 1 atom stereocenters. The van der Waals surface area contributed by atoms with Crippen LogP contribution in [0.15, 0.2) is 36.4 Å². The minimum absolute atomic E-state index is 0. The number of aryl methyl sites for hydroxylation is 1. The lowest BCUT2D eigenvalue weighted by Gasteiger charge is -2.12. The van der Waals surface area contributed by atoms with E-state index in [-0.39, 0.29) is 24.2 Å². The summed E-state index contributed by atoms with van der Waals surface area (Å²) in [4.78, 5) is 2.12. The van der Waals surface area contributed by atoms with Gasteiger partial charge in [-0.2, -0.15) is 0 Å². The van der Waals surface area contributed by atoms with E-state index >= 15 is 0 Å². The lowest BCUT2D eigenvalue weighted by Crippen LogP contribution is -2.17. The van der Waals surface area contributed by atoms with E-state index in [1.807, 2.05) is 19.1 Å². The molecule has 0 spiro atoms. The standard InChI is InChI=1S/C13H12F3NOS.ClH/c1-8-2-7-11(19-8)12(17)9-3-5-10(6-4-9)18-13(14,15)16;/h2-7,12H,17H2,1H3;1H/t12-;/m1./s1. The maximum absolute atomic E-state index is 12.0. The van der Waals surface area contributed by atoms with Crippen molar-refractivity contribution >= 4 is 23.7 Å². The van der Waals surface area contributed by atoms with E-state index in [0.717, 1.165) is 15.3 Å². The molecular formula is C13H13ClF3NOS. The van der Waals surface area contributed by atoms with Crippen LogP contribution in [0.1, 0.15) is 21.4 Å². The van der Waals surface area contributed by atoms with Crippen LogP contribution >= 0.6 is 23.7 Å². The smallest absolute Gasteiger partial charge is 0.406 e. The van der Waals surface area contributed by atoms with Gasteiger partial charge in [0.25, 0.3) is 0 Å². The molecule has 0 aliphatic heterocycles. The minimum Gasteiger partial charge on any atom is -0.406 e. The maximum Gasteiger partial charge on any atom is 0.573 e. The molecule has 1 aromatic heterocycles. The van der Waals surface area contributed by atoms with Crippen molar-refractivity contribution in [2.75, 3.05) is 0 Å². The Labute approximate surface area is 124 Å². The Hall–Kier alpha value is -1.24. The molecule has 110 valence electrons. The zero-order valence-electron chi connectivity index (χ0n) is 10.5. The van der Waals surface area contributed by atoms with Crippen LogP contribution in [0.25, 0.3) is 0 Å². The van der Waals surface area contributed by atoms with Crippen molar-refractivity contribution in [3.63, 3.8) is 0 Å². The van der Waals surface area contributed by atoms with Gasteiger partial charge in [0.2, 0.25) is 0 Å². The summed E-state index contributed by atoms with van der Waals surface area (Å²) in [6, 6.07) is 9.17. The molecule has 2 aromatic rings. The zero-order valence-corrected chi connectivity index (χ0v) is 12.1. The first kappa shape index (κ1) is 16.8. The highest BCUT2D eigenvalue weighted by Gasteiger charge is 2.31. The SMILES string of the molecule is Cc1ccc([C@H](N)c2ccc(OC(F)(F)F)cc2)s1.Cl. The average Bonchev–Trinajstić information content (AvgIpc) is 2.74. The van der Waals surface area contributed by atoms with E-state index in [4.69, 9.17) is 5.73 Å². The predicted molar refractivity (Wildman–Crippen MR) is 75.5 cm³/mol. The summed E-state index contributed by atoms with van der Waals surface area (Å²) in [5, 5.41) is 0. The Morgan fingerprint density at radius 3 is 2.15 bits per heavy atom. The van der Waals surface area contributed by atoms with Crippen LogP contribution in [0.4, 0.5) is 13.2 Å². The van der Waals surface area contributed by atoms with E-state index in [1.165, 1.54) is 12.1 Å². The fourth-order valence-electron chi connectivity index (χ4n) is 1.66. The third kappa shape index (κ3) is 4.40. The molecule has 2 nitrogen and oxygen atoms in total. The molecule has 0 amide bonds. The lowest BCUT2D eigenvalue weighted by molar-refractivity contribution is -0.274. The summed E-state index contributed by atoms with van der Waals surface area (Å²) in [6.45, 7) is 1.97. The first-order valence-electron chi connectivity index (χ1n) is 5.53. The van der Waals surface area contributed by atoms with Gasteiger partial charge in [-0.15, -0.1) is 36.9 Å². The summed E-state index contributed by atoms with van der Waals surface area (Å²) in [6.07, 6.45) is -4.67. The Kier molecular flexibility index (Phi) is 5.44. The summed E-state index contributed by atoms with van der Waals surface area (Å²) in [7, 11) is 0. The fraction of sp³-hybridized carbons (Fsp3) is 0.231. The Bertz CT molecular complexity index is 553. The topological polar surface area (TPSA) is 35.2 Å². The molecule has 20 heavy (non-hydrogen) atoms. The largest absolute Gasteiger partial charge is 0.573 e. The molecule has 0 aliphatic rings. The van der Waals surface area contributed by atoms with Crippen molar-refractivity contribution < 1.29 is 17.9 Å². The number of halogens is 4. The van der Waals surface area contributed by atoms with Gasteiger partial charge in [-0.3, -0.25) is 0 Å². The second-order valence-corrected chi connectivity index (χ2v) is 5.36. The number of hydrogen-bond acceptors (Lipinski definition) is 3. The molecule has 0 radical (unpaired) electrons. The summed E-state index contributed by atoms with van der Waals surface area (Å²) >= 11 is 1.57. The van der Waals surface area contributed by atoms with Gasteiger partial charge in [0, 0.05) is 9.75 Å². The summed E-state index contributed by atoms with van der Waals surface area (Å²) < 4.78 is 39.9. The van der Waals surface area contributed by atoms with E-state index in [1.54, 1.807) is 23.5 Å². The van der Waals surface area contributed by atoms with Crippen LogP contribution in [0.5, 0.6) is 5.75 Å². The second-order valence-electron chi connectivity index (χ2n) is 4.04. The molecule has 1 heterocycles. The first-order chi connectivity index (χ1) is 8.85. The lowest BCUT2D eigenvalue weighted by atomic mass is 10.1. The van der Waals surface area contributed by atoms with E-state index in [2.05, 4.69) is 4.74 Å². The number of alkyl halides is 3. The molecule has 7 heteroatoms. The van der Waals surface area contributed by atoms with E-state index < -0.39 is 6.36 Å². The van der Waals surface area contributed by atoms with Crippen LogP contribution in [0.3, 0.4) is 0 Å². The number of benzene rings is 1. The van der Waals surface area contributed by atoms with Gasteiger partial charge in [-0.25, -0.2) is 0 Å². The molecule has 0 aliphatic carbocycles. The molecule has 2 rings (SSSR count). The van der Waals surface area contributed by atoms with Gasteiger partial charge in [0.05, 0.1) is 6.04 Å². The zero-order chi connectivity index (χ0) is 14.0. The summed E-state index contributed by atoms with van der Waals surface area (Å²) in [5.41, 5.74) is 6.80. The van der Waals surface area contributed by atoms with Crippen molar-refractivity contribution in [1.29, 1.82) is 0 Å². The normalized spacial score (nSPS) is 12.7. The van der Waals surface area contributed by atoms with Crippen molar-refractivity contribution in [2.45, 2.75) is 19.3 Å². The maximum atomic E-state index is 12.0. The van der Waals surface area contributed by atoms with Gasteiger partial charge in [0.15, 0.2) is 0 Å². The average molecular weight is 324 g/mol. The molecule has 0 saturated carbocycles. The van der Waals surface area contributed by atoms with Crippen LogP contribution in [-0.4, -0.2) is 6.36 Å². The van der Waals surface area contributed by atoms with Crippen molar-refractivity contribution in [3.8, 4) is 5.75 Å². The Balaban J connectivity index is 0.00000200. The second kappa shape index (κ2) is 6.47. The predicted octanol–water partition coefficient (Wildman–Crippen LogP) is 4.43.